The molecule has 6 aromatic carbocycles. The predicted octanol–water partition coefficient (Wildman–Crippen LogP) is 6.65. The summed E-state index contributed by atoms with van der Waals surface area (Å²) in [5.74, 6) is -0.175. The highest BCUT2D eigenvalue weighted by Crippen LogP contribution is 2.43. The second kappa shape index (κ2) is 14.5. The van der Waals surface area contributed by atoms with Crippen LogP contribution in [0.5, 0.6) is 0 Å². The summed E-state index contributed by atoms with van der Waals surface area (Å²) in [4.78, 5) is 29.5. The van der Waals surface area contributed by atoms with E-state index in [1.54, 1.807) is 0 Å². The Morgan fingerprint density at radius 2 is 0.720 bits per heavy atom. The number of hydrogen-bond acceptors (Lipinski definition) is 2. The van der Waals surface area contributed by atoms with Crippen molar-refractivity contribution in [1.29, 1.82) is 0 Å². The number of nitrogens with one attached hydrogen (secondary N) is 2. The lowest BCUT2D eigenvalue weighted by atomic mass is 9.87. The number of fused-ring (bicyclic) bond motifs is 4. The number of carbonyl (C=O) groups is 2. The molecule has 1 aliphatic heterocycles. The number of carbonyl (C=O) groups excluding carboxylic acids is 2. The van der Waals surface area contributed by atoms with Gasteiger partial charge in [0.1, 0.15) is 0 Å². The van der Waals surface area contributed by atoms with Crippen molar-refractivity contribution >= 4 is 59.5 Å². The Morgan fingerprint density at radius 3 is 1.04 bits per heavy atom. The van der Waals surface area contributed by atoms with Crippen molar-refractivity contribution in [3.05, 3.63) is 169 Å². The van der Waals surface area contributed by atoms with Gasteiger partial charge in [0.05, 0.1) is 0 Å². The second-order valence-corrected chi connectivity index (χ2v) is 17.2. The standard InChI is InChI=1S/C44H38N2O2P2/c47-43-35-25-15-29-39(49(31-17-5-1-6-18-31)32-19-7-2-8-20-32)41(35)42-36(44(48)46-38-28-14-13-27-37(38)45-43)26-16-30-40(42)50(33-21-9-3-10-22-33)34-23-11-4-12-24-34/h1-12,15-26,29-30,37-38H,13-14,27-28H2,(H,45,47)(H,46,48)/t37-,38-/m0/s1. The van der Waals surface area contributed by atoms with Crippen LogP contribution in [0.2, 0.25) is 0 Å². The molecular weight excluding hydrogens is 650 g/mol. The largest absolute Gasteiger partial charge is 0.347 e. The van der Waals surface area contributed by atoms with Gasteiger partial charge in [-0.15, -0.1) is 0 Å². The molecule has 0 spiro atoms. The van der Waals surface area contributed by atoms with Crippen LogP contribution in [-0.4, -0.2) is 23.9 Å². The molecule has 6 heteroatoms. The maximum Gasteiger partial charge on any atom is 0.252 e. The number of rotatable bonds is 6. The maximum absolute atomic E-state index is 14.7. The Kier molecular flexibility index (Phi) is 9.40. The first-order chi connectivity index (χ1) is 24.7. The van der Waals surface area contributed by atoms with Gasteiger partial charge in [-0.05, 0) is 72.6 Å². The van der Waals surface area contributed by atoms with Gasteiger partial charge in [-0.3, -0.25) is 9.59 Å². The molecule has 2 aliphatic rings. The number of benzene rings is 6. The second-order valence-electron chi connectivity index (χ2n) is 12.9. The molecule has 2 amide bonds. The third-order valence-corrected chi connectivity index (χ3v) is 14.7. The monoisotopic (exact) mass is 688 g/mol. The fourth-order valence-corrected chi connectivity index (χ4v) is 12.5. The van der Waals surface area contributed by atoms with E-state index in [4.69, 9.17) is 0 Å². The van der Waals surface area contributed by atoms with Gasteiger partial charge in [-0.2, -0.15) is 0 Å². The van der Waals surface area contributed by atoms with Crippen molar-refractivity contribution in [2.24, 2.45) is 0 Å². The first kappa shape index (κ1) is 32.3. The van der Waals surface area contributed by atoms with E-state index in [2.05, 4.69) is 120 Å². The van der Waals surface area contributed by atoms with E-state index in [0.29, 0.717) is 11.1 Å². The third-order valence-electron chi connectivity index (χ3n) is 9.76. The Bertz CT molecular complexity index is 1890. The van der Waals surface area contributed by atoms with Crippen molar-refractivity contribution in [3.8, 4) is 11.1 Å². The topological polar surface area (TPSA) is 58.2 Å². The summed E-state index contributed by atoms with van der Waals surface area (Å²) >= 11 is 0. The number of hydrogen-bond donors (Lipinski definition) is 2. The van der Waals surface area contributed by atoms with E-state index < -0.39 is 15.8 Å². The lowest BCUT2D eigenvalue weighted by Crippen LogP contribution is -2.54. The summed E-state index contributed by atoms with van der Waals surface area (Å²) < 4.78 is 0. The summed E-state index contributed by atoms with van der Waals surface area (Å²) in [5.41, 5.74) is 2.92. The van der Waals surface area contributed by atoms with Crippen LogP contribution in [0.1, 0.15) is 46.4 Å². The van der Waals surface area contributed by atoms with E-state index in [0.717, 1.165) is 47.4 Å². The molecule has 0 bridgehead atoms. The highest BCUT2D eigenvalue weighted by molar-refractivity contribution is 7.80. The highest BCUT2D eigenvalue weighted by atomic mass is 31.1. The molecule has 0 aromatic heterocycles. The summed E-state index contributed by atoms with van der Waals surface area (Å²) in [7, 11) is -2.23. The average Bonchev–Trinajstić information content (AvgIpc) is 3.17. The zero-order valence-electron chi connectivity index (χ0n) is 27.7. The smallest absolute Gasteiger partial charge is 0.252 e. The maximum atomic E-state index is 14.7. The van der Waals surface area contributed by atoms with E-state index >= 15 is 0 Å². The van der Waals surface area contributed by atoms with Crippen LogP contribution in [0.3, 0.4) is 0 Å². The Morgan fingerprint density at radius 1 is 0.400 bits per heavy atom. The SMILES string of the molecule is O=C1N[C@H]2CCCC[C@@H]2NC(=O)c2cccc(P(c3ccccc3)c3ccccc3)c2-c2c1cccc2P(c1ccccc1)c1ccccc1. The van der Waals surface area contributed by atoms with Gasteiger partial charge in [0.25, 0.3) is 11.8 Å². The van der Waals surface area contributed by atoms with Crippen molar-refractivity contribution in [3.63, 3.8) is 0 Å². The van der Waals surface area contributed by atoms with Crippen LogP contribution >= 0.6 is 15.8 Å². The van der Waals surface area contributed by atoms with E-state index in [1.165, 1.54) is 21.2 Å². The predicted molar refractivity (Wildman–Crippen MR) is 210 cm³/mol. The average molecular weight is 689 g/mol. The summed E-state index contributed by atoms with van der Waals surface area (Å²) in [6, 6.07) is 54.4. The Balaban J connectivity index is 1.48. The fourth-order valence-electron chi connectivity index (χ4n) is 7.49. The zero-order valence-corrected chi connectivity index (χ0v) is 29.5. The minimum atomic E-state index is -1.11. The third kappa shape index (κ3) is 6.31. The molecule has 50 heavy (non-hydrogen) atoms. The Labute approximate surface area is 296 Å². The minimum absolute atomic E-state index is 0.0875. The van der Waals surface area contributed by atoms with Crippen molar-refractivity contribution < 1.29 is 9.59 Å². The molecule has 0 unspecified atom stereocenters. The first-order valence-corrected chi connectivity index (χ1v) is 20.0. The molecule has 1 saturated carbocycles. The van der Waals surface area contributed by atoms with E-state index in [1.807, 2.05) is 48.5 Å². The summed E-state index contributed by atoms with van der Waals surface area (Å²) in [6.45, 7) is 0. The van der Waals surface area contributed by atoms with E-state index in [-0.39, 0.29) is 23.9 Å². The van der Waals surface area contributed by atoms with Gasteiger partial charge < -0.3 is 10.6 Å². The van der Waals surface area contributed by atoms with Gasteiger partial charge >= 0.3 is 0 Å². The molecule has 1 fully saturated rings. The quantitative estimate of drug-likeness (QED) is 0.193. The Hall–Kier alpha value is -4.88. The van der Waals surface area contributed by atoms with Crippen molar-refractivity contribution in [2.75, 3.05) is 0 Å². The molecule has 246 valence electrons. The molecule has 4 nitrogen and oxygen atoms in total. The number of amides is 2. The lowest BCUT2D eigenvalue weighted by molar-refractivity contribution is 0.0861. The van der Waals surface area contributed by atoms with Crippen molar-refractivity contribution in [2.45, 2.75) is 37.8 Å². The highest BCUT2D eigenvalue weighted by Gasteiger charge is 2.35. The summed E-state index contributed by atoms with van der Waals surface area (Å²) in [6.07, 6.45) is 3.73. The van der Waals surface area contributed by atoms with Gasteiger partial charge in [-0.25, -0.2) is 0 Å². The first-order valence-electron chi connectivity index (χ1n) is 17.4. The van der Waals surface area contributed by atoms with Gasteiger partial charge in [0, 0.05) is 34.3 Å². The van der Waals surface area contributed by atoms with Crippen LogP contribution in [-0.2, 0) is 0 Å². The van der Waals surface area contributed by atoms with Crippen LogP contribution in [0, 0.1) is 0 Å². The van der Waals surface area contributed by atoms with Crippen molar-refractivity contribution in [1.82, 2.24) is 10.6 Å². The molecule has 6 aromatic rings. The molecule has 1 heterocycles. The summed E-state index contributed by atoms with van der Waals surface area (Å²) in [5, 5.41) is 13.7. The normalized spacial score (nSPS) is 17.2. The van der Waals surface area contributed by atoms with Gasteiger partial charge in [0.2, 0.25) is 0 Å². The molecule has 8 rings (SSSR count). The molecule has 2 N–H and O–H groups in total. The van der Waals surface area contributed by atoms with Crippen LogP contribution in [0.15, 0.2) is 158 Å². The van der Waals surface area contributed by atoms with E-state index in [9.17, 15) is 9.59 Å². The molecule has 0 saturated heterocycles. The van der Waals surface area contributed by atoms with Crippen LogP contribution < -0.4 is 42.5 Å². The lowest BCUT2D eigenvalue weighted by Gasteiger charge is -2.35. The minimum Gasteiger partial charge on any atom is -0.347 e. The van der Waals surface area contributed by atoms with Crippen LogP contribution in [0.25, 0.3) is 11.1 Å². The zero-order chi connectivity index (χ0) is 33.9. The molecule has 0 radical (unpaired) electrons. The molecule has 2 atom stereocenters. The van der Waals surface area contributed by atoms with Gasteiger partial charge in [-0.1, -0.05) is 158 Å². The fraction of sp³-hybridized carbons (Fsp3) is 0.136. The van der Waals surface area contributed by atoms with Crippen LogP contribution in [0.4, 0.5) is 0 Å². The molecule has 1 aliphatic carbocycles. The van der Waals surface area contributed by atoms with Gasteiger partial charge in [0.15, 0.2) is 0 Å². The molecular formula is C44H38N2O2P2.